The minimum Gasteiger partial charge on any atom is -0.408 e. The standard InChI is InChI=1S/C17H17N3O3/c1-20(2)15(11-6-4-3-5-7-11)16(21)18-12-8-9-14-13(10-12)19-17(22)23-14/h3-10,15H,1-2H3,(H,18,21)(H,19,22). The van der Waals surface area contributed by atoms with Gasteiger partial charge < -0.3 is 9.73 Å². The molecule has 23 heavy (non-hydrogen) atoms. The molecule has 0 radical (unpaired) electrons. The van der Waals surface area contributed by atoms with Crippen LogP contribution in [0.2, 0.25) is 0 Å². The number of aromatic amines is 1. The predicted molar refractivity (Wildman–Crippen MR) is 88.3 cm³/mol. The van der Waals surface area contributed by atoms with E-state index in [0.717, 1.165) is 5.56 Å². The molecule has 0 fully saturated rings. The monoisotopic (exact) mass is 311 g/mol. The van der Waals surface area contributed by atoms with Gasteiger partial charge in [-0.3, -0.25) is 14.7 Å². The number of anilines is 1. The van der Waals surface area contributed by atoms with Crippen LogP contribution in [-0.2, 0) is 4.79 Å². The SMILES string of the molecule is CN(C)C(C(=O)Nc1ccc2oc(=O)[nH]c2c1)c1ccccc1. The molecule has 0 saturated heterocycles. The van der Waals surface area contributed by atoms with Crippen molar-refractivity contribution in [2.45, 2.75) is 6.04 Å². The third kappa shape index (κ3) is 3.17. The van der Waals surface area contributed by atoms with Crippen LogP contribution in [-0.4, -0.2) is 29.9 Å². The van der Waals surface area contributed by atoms with Gasteiger partial charge in [-0.15, -0.1) is 0 Å². The van der Waals surface area contributed by atoms with E-state index in [4.69, 9.17) is 4.42 Å². The van der Waals surface area contributed by atoms with Gasteiger partial charge in [0.15, 0.2) is 5.58 Å². The van der Waals surface area contributed by atoms with E-state index in [2.05, 4.69) is 10.3 Å². The van der Waals surface area contributed by atoms with Crippen LogP contribution >= 0.6 is 0 Å². The summed E-state index contributed by atoms with van der Waals surface area (Å²) in [6.45, 7) is 0. The Balaban J connectivity index is 1.87. The summed E-state index contributed by atoms with van der Waals surface area (Å²) in [5.74, 6) is -0.662. The number of H-pyrrole nitrogens is 1. The van der Waals surface area contributed by atoms with Gasteiger partial charge in [0, 0.05) is 5.69 Å². The van der Waals surface area contributed by atoms with Crippen molar-refractivity contribution in [3.05, 3.63) is 64.6 Å². The summed E-state index contributed by atoms with van der Waals surface area (Å²) in [7, 11) is 3.71. The minimum atomic E-state index is -0.515. The van der Waals surface area contributed by atoms with E-state index in [0.29, 0.717) is 16.8 Å². The number of likely N-dealkylation sites (N-methyl/N-ethyl adjacent to an activating group) is 1. The first-order valence-electron chi connectivity index (χ1n) is 7.20. The van der Waals surface area contributed by atoms with Crippen LogP contribution in [0.4, 0.5) is 5.69 Å². The van der Waals surface area contributed by atoms with Gasteiger partial charge in [0.2, 0.25) is 5.91 Å². The highest BCUT2D eigenvalue weighted by molar-refractivity contribution is 5.96. The third-order valence-corrected chi connectivity index (χ3v) is 3.57. The van der Waals surface area contributed by atoms with Crippen molar-refractivity contribution in [3.63, 3.8) is 0 Å². The number of nitrogens with zero attached hydrogens (tertiary/aromatic N) is 1. The Morgan fingerprint density at radius 2 is 1.91 bits per heavy atom. The summed E-state index contributed by atoms with van der Waals surface area (Å²) in [4.78, 5) is 28.3. The first-order valence-corrected chi connectivity index (χ1v) is 7.20. The second-order valence-electron chi connectivity index (χ2n) is 5.49. The average Bonchev–Trinajstić information content (AvgIpc) is 2.87. The van der Waals surface area contributed by atoms with Crippen LogP contribution in [0.5, 0.6) is 0 Å². The van der Waals surface area contributed by atoms with Gasteiger partial charge in [0.05, 0.1) is 5.52 Å². The van der Waals surface area contributed by atoms with Gasteiger partial charge in [-0.05, 0) is 37.9 Å². The molecule has 0 saturated carbocycles. The van der Waals surface area contributed by atoms with Crippen molar-refractivity contribution in [2.75, 3.05) is 19.4 Å². The number of hydrogen-bond donors (Lipinski definition) is 2. The van der Waals surface area contributed by atoms with Gasteiger partial charge in [-0.2, -0.15) is 0 Å². The number of hydrogen-bond acceptors (Lipinski definition) is 4. The molecule has 1 amide bonds. The molecule has 6 nitrogen and oxygen atoms in total. The highest BCUT2D eigenvalue weighted by Crippen LogP contribution is 2.22. The lowest BCUT2D eigenvalue weighted by molar-refractivity contribution is -0.120. The van der Waals surface area contributed by atoms with Gasteiger partial charge >= 0.3 is 5.76 Å². The molecule has 2 aromatic carbocycles. The zero-order valence-electron chi connectivity index (χ0n) is 12.9. The van der Waals surface area contributed by atoms with Gasteiger partial charge in [0.1, 0.15) is 6.04 Å². The third-order valence-electron chi connectivity index (χ3n) is 3.57. The van der Waals surface area contributed by atoms with Crippen LogP contribution < -0.4 is 11.1 Å². The first kappa shape index (κ1) is 15.1. The highest BCUT2D eigenvalue weighted by atomic mass is 16.4. The van der Waals surface area contributed by atoms with Crippen molar-refractivity contribution < 1.29 is 9.21 Å². The second kappa shape index (κ2) is 6.10. The molecule has 1 aromatic heterocycles. The number of aromatic nitrogens is 1. The van der Waals surface area contributed by atoms with E-state index in [9.17, 15) is 9.59 Å². The van der Waals surface area contributed by atoms with Crippen molar-refractivity contribution in [1.82, 2.24) is 9.88 Å². The molecule has 1 unspecified atom stereocenters. The maximum atomic E-state index is 12.6. The van der Waals surface area contributed by atoms with Crippen LogP contribution in [0.15, 0.2) is 57.7 Å². The molecule has 1 heterocycles. The summed E-state index contributed by atoms with van der Waals surface area (Å²) < 4.78 is 4.95. The number of nitrogens with one attached hydrogen (secondary N) is 2. The molecule has 1 atom stereocenters. The fraction of sp³-hybridized carbons (Fsp3) is 0.176. The van der Waals surface area contributed by atoms with E-state index in [1.807, 2.05) is 49.3 Å². The van der Waals surface area contributed by atoms with Crippen LogP contribution in [0.25, 0.3) is 11.1 Å². The first-order chi connectivity index (χ1) is 11.0. The topological polar surface area (TPSA) is 78.3 Å². The van der Waals surface area contributed by atoms with Crippen molar-refractivity contribution in [3.8, 4) is 0 Å². The average molecular weight is 311 g/mol. The zero-order valence-corrected chi connectivity index (χ0v) is 12.9. The lowest BCUT2D eigenvalue weighted by atomic mass is 10.1. The van der Waals surface area contributed by atoms with Crippen molar-refractivity contribution in [2.24, 2.45) is 0 Å². The van der Waals surface area contributed by atoms with E-state index < -0.39 is 11.8 Å². The Labute approximate surface area is 132 Å². The van der Waals surface area contributed by atoms with E-state index in [1.54, 1.807) is 18.2 Å². The number of benzene rings is 2. The number of oxazole rings is 1. The lowest BCUT2D eigenvalue weighted by Crippen LogP contribution is -2.32. The van der Waals surface area contributed by atoms with Gasteiger partial charge in [-0.1, -0.05) is 30.3 Å². The molecule has 6 heteroatoms. The molecule has 0 aliphatic heterocycles. The van der Waals surface area contributed by atoms with Crippen molar-refractivity contribution in [1.29, 1.82) is 0 Å². The fourth-order valence-electron chi connectivity index (χ4n) is 2.56. The molecular formula is C17H17N3O3. The summed E-state index contributed by atoms with van der Waals surface area (Å²) in [5, 5.41) is 2.88. The largest absolute Gasteiger partial charge is 0.417 e. The molecule has 0 bridgehead atoms. The fourth-order valence-corrected chi connectivity index (χ4v) is 2.56. The zero-order chi connectivity index (χ0) is 16.4. The summed E-state index contributed by atoms with van der Waals surface area (Å²) in [5.41, 5.74) is 2.52. The summed E-state index contributed by atoms with van der Waals surface area (Å²) in [6, 6.07) is 14.2. The van der Waals surface area contributed by atoms with Gasteiger partial charge in [-0.25, -0.2) is 4.79 Å². The van der Waals surface area contributed by atoms with Crippen LogP contribution in [0.3, 0.4) is 0 Å². The number of amides is 1. The Kier molecular flexibility index (Phi) is 3.99. The molecule has 0 aliphatic carbocycles. The Morgan fingerprint density at radius 3 is 2.61 bits per heavy atom. The number of rotatable bonds is 4. The normalized spacial score (nSPS) is 12.5. The molecule has 3 aromatic rings. The van der Waals surface area contributed by atoms with Crippen LogP contribution in [0, 0.1) is 0 Å². The Hall–Kier alpha value is -2.86. The summed E-state index contributed by atoms with van der Waals surface area (Å²) in [6.07, 6.45) is 0. The molecular weight excluding hydrogens is 294 g/mol. The molecule has 0 spiro atoms. The number of carbonyl (C=O) groups excluding carboxylic acids is 1. The number of carbonyl (C=O) groups is 1. The Bertz CT molecular complexity index is 881. The maximum Gasteiger partial charge on any atom is 0.417 e. The predicted octanol–water partition coefficient (Wildman–Crippen LogP) is 2.36. The molecule has 118 valence electrons. The molecule has 3 rings (SSSR count). The molecule has 0 aliphatic rings. The molecule has 2 N–H and O–H groups in total. The highest BCUT2D eigenvalue weighted by Gasteiger charge is 2.22. The van der Waals surface area contributed by atoms with Crippen LogP contribution in [0.1, 0.15) is 11.6 Å². The maximum absolute atomic E-state index is 12.6. The summed E-state index contributed by atoms with van der Waals surface area (Å²) >= 11 is 0. The van der Waals surface area contributed by atoms with E-state index in [-0.39, 0.29) is 5.91 Å². The lowest BCUT2D eigenvalue weighted by Gasteiger charge is -2.23. The quantitative estimate of drug-likeness (QED) is 0.775. The van der Waals surface area contributed by atoms with Crippen molar-refractivity contribution >= 4 is 22.7 Å². The minimum absolute atomic E-state index is 0.147. The number of fused-ring (bicyclic) bond motifs is 1. The van der Waals surface area contributed by atoms with E-state index >= 15 is 0 Å². The van der Waals surface area contributed by atoms with Gasteiger partial charge in [0.25, 0.3) is 0 Å². The van der Waals surface area contributed by atoms with E-state index in [1.165, 1.54) is 0 Å². The smallest absolute Gasteiger partial charge is 0.408 e. The Morgan fingerprint density at radius 1 is 1.17 bits per heavy atom. The second-order valence-corrected chi connectivity index (χ2v) is 5.49.